The fourth-order valence-electron chi connectivity index (χ4n) is 9.50. The van der Waals surface area contributed by atoms with Crippen molar-refractivity contribution in [3.05, 3.63) is 36.5 Å². The van der Waals surface area contributed by atoms with Crippen molar-refractivity contribution in [1.82, 2.24) is 9.80 Å². The number of carbonyl (C=O) groups excluding carboxylic acids is 6. The van der Waals surface area contributed by atoms with Crippen LogP contribution in [0.25, 0.3) is 0 Å². The summed E-state index contributed by atoms with van der Waals surface area (Å²) in [5, 5.41) is 0. The van der Waals surface area contributed by atoms with Gasteiger partial charge in [0, 0.05) is 0 Å². The number of likely N-dealkylation sites (tertiary alicyclic amines) is 2. The van der Waals surface area contributed by atoms with Gasteiger partial charge in [0.05, 0.1) is 48.6 Å². The van der Waals surface area contributed by atoms with Gasteiger partial charge in [0.1, 0.15) is 13.2 Å². The Morgan fingerprint density at radius 1 is 0.537 bits per heavy atom. The van der Waals surface area contributed by atoms with E-state index in [-0.39, 0.29) is 109 Å². The molecule has 10 nitrogen and oxygen atoms in total. The second-order valence-corrected chi connectivity index (χ2v) is 13.0. The minimum Gasteiger partial charge on any atom is -0.464 e. The van der Waals surface area contributed by atoms with Crippen LogP contribution in [0.1, 0.15) is 19.3 Å². The van der Waals surface area contributed by atoms with Crippen molar-refractivity contribution in [1.29, 1.82) is 0 Å². The SMILES string of the molecule is O=C(OCCN1C(=O)[C@@H]2[C@H](C1=O)[C@H]1C=C[C@H]2C1)[C@@H]1[C@H](C(=O)OCCN2C(=O)[C@H]3[C@H](C2=O)[C@@H]2C=C[C@@H]3C2)[C@H]2C=C[C@H]1C2. The minimum atomic E-state index is -0.710. The smallest absolute Gasteiger partial charge is 0.310 e. The van der Waals surface area contributed by atoms with Gasteiger partial charge in [-0.05, 0) is 54.8 Å². The van der Waals surface area contributed by atoms with Gasteiger partial charge in [0.2, 0.25) is 23.6 Å². The number of allylic oxidation sites excluding steroid dienone is 6. The molecule has 0 spiro atoms. The summed E-state index contributed by atoms with van der Waals surface area (Å²) in [5.41, 5.74) is 0. The summed E-state index contributed by atoms with van der Waals surface area (Å²) in [6, 6.07) is 0. The molecule has 0 aromatic rings. The number of carbonyl (C=O) groups is 6. The molecule has 8 rings (SSSR count). The van der Waals surface area contributed by atoms with Crippen LogP contribution in [0.15, 0.2) is 36.5 Å². The molecule has 0 unspecified atom stereocenters. The van der Waals surface area contributed by atoms with E-state index in [1.807, 2.05) is 36.5 Å². The molecule has 2 aliphatic heterocycles. The van der Waals surface area contributed by atoms with E-state index >= 15 is 0 Å². The van der Waals surface area contributed by atoms with Gasteiger partial charge in [0.25, 0.3) is 0 Å². The lowest BCUT2D eigenvalue weighted by atomic mass is 9.83. The second-order valence-electron chi connectivity index (χ2n) is 13.0. The zero-order chi connectivity index (χ0) is 28.2. The Bertz CT molecular complexity index is 1210. The van der Waals surface area contributed by atoms with Gasteiger partial charge in [0.15, 0.2) is 0 Å². The molecule has 3 saturated carbocycles. The van der Waals surface area contributed by atoms with Crippen molar-refractivity contribution >= 4 is 35.6 Å². The number of amides is 4. The van der Waals surface area contributed by atoms with E-state index in [2.05, 4.69) is 0 Å². The third-order valence-corrected chi connectivity index (χ3v) is 11.2. The van der Waals surface area contributed by atoms with E-state index in [0.717, 1.165) is 12.8 Å². The first-order valence-electron chi connectivity index (χ1n) is 14.9. The number of imide groups is 2. The highest BCUT2D eigenvalue weighted by Gasteiger charge is 2.60. The first-order valence-corrected chi connectivity index (χ1v) is 14.9. The van der Waals surface area contributed by atoms with Crippen molar-refractivity contribution in [2.24, 2.45) is 71.0 Å². The van der Waals surface area contributed by atoms with Crippen LogP contribution in [0.5, 0.6) is 0 Å². The predicted molar refractivity (Wildman–Crippen MR) is 139 cm³/mol. The number of ether oxygens (including phenoxy) is 2. The Labute approximate surface area is 236 Å². The first-order chi connectivity index (χ1) is 19.8. The Balaban J connectivity index is 0.856. The molecule has 214 valence electrons. The summed E-state index contributed by atoms with van der Waals surface area (Å²) in [6.07, 6.45) is 14.4. The van der Waals surface area contributed by atoms with Gasteiger partial charge < -0.3 is 9.47 Å². The van der Waals surface area contributed by atoms with Gasteiger partial charge in [-0.15, -0.1) is 0 Å². The Morgan fingerprint density at radius 3 is 1.17 bits per heavy atom. The molecule has 10 heteroatoms. The number of fused-ring (bicyclic) bond motifs is 12. The maximum Gasteiger partial charge on any atom is 0.310 e. The minimum absolute atomic E-state index is 0.0126. The summed E-state index contributed by atoms with van der Waals surface area (Å²) >= 11 is 0. The molecule has 5 fully saturated rings. The van der Waals surface area contributed by atoms with E-state index in [9.17, 15) is 28.8 Å². The quantitative estimate of drug-likeness (QED) is 0.246. The molecule has 8 aliphatic rings. The highest BCUT2D eigenvalue weighted by Crippen LogP contribution is 2.54. The Kier molecular flexibility index (Phi) is 5.51. The van der Waals surface area contributed by atoms with Crippen molar-refractivity contribution in [3.63, 3.8) is 0 Å². The summed E-state index contributed by atoms with van der Waals surface area (Å²) in [6.45, 7) is -0.204. The van der Waals surface area contributed by atoms with Gasteiger partial charge in [-0.25, -0.2) is 0 Å². The highest BCUT2D eigenvalue weighted by atomic mass is 16.5. The molecular weight excluding hydrogens is 528 g/mol. The van der Waals surface area contributed by atoms with Crippen molar-refractivity contribution in [2.45, 2.75) is 19.3 Å². The molecule has 41 heavy (non-hydrogen) atoms. The van der Waals surface area contributed by atoms with E-state index in [1.54, 1.807) is 0 Å². The van der Waals surface area contributed by atoms with Crippen LogP contribution in [-0.4, -0.2) is 71.7 Å². The monoisotopic (exact) mass is 560 g/mol. The summed E-state index contributed by atoms with van der Waals surface area (Å²) in [7, 11) is 0. The van der Waals surface area contributed by atoms with Crippen molar-refractivity contribution in [3.8, 4) is 0 Å². The third kappa shape index (κ3) is 3.48. The largest absolute Gasteiger partial charge is 0.464 e. The molecule has 6 aliphatic carbocycles. The zero-order valence-corrected chi connectivity index (χ0v) is 22.5. The molecule has 2 heterocycles. The average molecular weight is 561 g/mol. The highest BCUT2D eigenvalue weighted by molar-refractivity contribution is 6.07. The number of esters is 2. The molecule has 12 atom stereocenters. The fraction of sp³-hybridized carbons (Fsp3) is 0.613. The van der Waals surface area contributed by atoms with Crippen LogP contribution in [0, 0.1) is 71.0 Å². The van der Waals surface area contributed by atoms with Crippen molar-refractivity contribution < 1.29 is 38.2 Å². The lowest BCUT2D eigenvalue weighted by Gasteiger charge is -2.26. The molecular formula is C31H32N2O8. The van der Waals surface area contributed by atoms with Crippen LogP contribution in [0.2, 0.25) is 0 Å². The maximum absolute atomic E-state index is 13.2. The van der Waals surface area contributed by atoms with Gasteiger partial charge >= 0.3 is 11.9 Å². The number of hydrogen-bond donors (Lipinski definition) is 0. The van der Waals surface area contributed by atoms with Gasteiger partial charge in [-0.2, -0.15) is 0 Å². The van der Waals surface area contributed by atoms with Crippen LogP contribution in [0.3, 0.4) is 0 Å². The topological polar surface area (TPSA) is 127 Å². The summed E-state index contributed by atoms with van der Waals surface area (Å²) in [5.74, 6) is -4.20. The maximum atomic E-state index is 13.2. The summed E-state index contributed by atoms with van der Waals surface area (Å²) < 4.78 is 11.1. The standard InChI is InChI=1S/C31H32N2O8/c34-26-20-14-1-2-15(11-14)21(20)27(35)32(26)7-9-40-30(38)24-18-5-6-19(13-18)25(24)31(39)41-10-8-33-28(36)22-16-3-4-17(12-16)23(22)29(33)37/h1-6,14-25H,7-13H2/t14-,15-,16+,17+,18-,19-,20-,21+,22+,23+,24-,25+/m0/s1. The first kappa shape index (κ1) is 25.2. The van der Waals surface area contributed by atoms with Gasteiger partial charge in [-0.1, -0.05) is 36.5 Å². The number of nitrogens with zero attached hydrogens (tertiary/aromatic N) is 2. The molecule has 6 bridgehead atoms. The van der Waals surface area contributed by atoms with E-state index in [0.29, 0.717) is 6.42 Å². The molecule has 0 radical (unpaired) electrons. The fourth-order valence-corrected chi connectivity index (χ4v) is 9.50. The summed E-state index contributed by atoms with van der Waals surface area (Å²) in [4.78, 5) is 80.4. The van der Waals surface area contributed by atoms with Crippen LogP contribution >= 0.6 is 0 Å². The second kappa shape index (κ2) is 8.97. The van der Waals surface area contributed by atoms with Gasteiger partial charge in [-0.3, -0.25) is 38.6 Å². The van der Waals surface area contributed by atoms with Crippen LogP contribution < -0.4 is 0 Å². The van der Waals surface area contributed by atoms with E-state index in [4.69, 9.17) is 9.47 Å². The average Bonchev–Trinajstić information content (AvgIpc) is 3.82. The molecule has 0 aromatic carbocycles. The third-order valence-electron chi connectivity index (χ3n) is 11.2. The Morgan fingerprint density at radius 2 is 0.829 bits per heavy atom. The number of rotatable bonds is 8. The lowest BCUT2D eigenvalue weighted by Crippen LogP contribution is -2.40. The predicted octanol–water partition coefficient (Wildman–Crippen LogP) is 1.13. The van der Waals surface area contributed by atoms with Crippen LogP contribution in [0.4, 0.5) is 0 Å². The Hall–Kier alpha value is -3.56. The molecule has 4 amide bonds. The van der Waals surface area contributed by atoms with E-state index in [1.165, 1.54) is 9.80 Å². The van der Waals surface area contributed by atoms with E-state index < -0.39 is 23.8 Å². The van der Waals surface area contributed by atoms with Crippen LogP contribution in [-0.2, 0) is 38.2 Å². The molecule has 2 saturated heterocycles. The normalized spacial score (nSPS) is 43.7. The number of hydrogen-bond acceptors (Lipinski definition) is 8. The lowest BCUT2D eigenvalue weighted by molar-refractivity contribution is -0.162. The van der Waals surface area contributed by atoms with Crippen molar-refractivity contribution in [2.75, 3.05) is 26.3 Å². The molecule has 0 N–H and O–H groups in total. The molecule has 0 aromatic heterocycles. The zero-order valence-electron chi connectivity index (χ0n) is 22.5.